The van der Waals surface area contributed by atoms with Crippen molar-refractivity contribution in [2.24, 2.45) is 5.73 Å². The quantitative estimate of drug-likeness (QED) is 0.641. The van der Waals surface area contributed by atoms with Crippen molar-refractivity contribution in [3.05, 3.63) is 0 Å². The Labute approximate surface area is 76.5 Å². The van der Waals surface area contributed by atoms with Crippen LogP contribution in [0.15, 0.2) is 0 Å². The molecule has 0 spiro atoms. The smallest absolute Gasteiger partial charge is 0.0725 e. The maximum absolute atomic E-state index is 5.98. The summed E-state index contributed by atoms with van der Waals surface area (Å²) < 4.78 is 5.57. The Morgan fingerprint density at radius 3 is 2.08 bits per heavy atom. The van der Waals surface area contributed by atoms with Gasteiger partial charge in [0, 0.05) is 12.6 Å². The fraction of sp³-hybridized carbons (Fsp3) is 1.00. The second kappa shape index (κ2) is 7.56. The number of ether oxygens (including phenoxy) is 1. The minimum atomic E-state index is 0.231. The Hall–Kier alpha value is -0.0800. The Bertz CT molecular complexity index is 89.8. The van der Waals surface area contributed by atoms with E-state index in [9.17, 15) is 0 Å². The Kier molecular flexibility index (Phi) is 7.51. The van der Waals surface area contributed by atoms with E-state index in [-0.39, 0.29) is 12.1 Å². The highest BCUT2D eigenvalue weighted by Gasteiger charge is 2.15. The first kappa shape index (κ1) is 11.9. The minimum Gasteiger partial charge on any atom is -0.377 e. The molecule has 12 heavy (non-hydrogen) atoms. The zero-order valence-corrected chi connectivity index (χ0v) is 8.68. The van der Waals surface area contributed by atoms with E-state index in [4.69, 9.17) is 10.5 Å². The summed E-state index contributed by atoms with van der Waals surface area (Å²) in [4.78, 5) is 0. The second-order valence-electron chi connectivity index (χ2n) is 3.23. The molecule has 2 nitrogen and oxygen atoms in total. The Morgan fingerprint density at radius 1 is 1.08 bits per heavy atom. The highest BCUT2D eigenvalue weighted by atomic mass is 16.5. The molecule has 0 aliphatic heterocycles. The van der Waals surface area contributed by atoms with Gasteiger partial charge in [-0.25, -0.2) is 0 Å². The van der Waals surface area contributed by atoms with Gasteiger partial charge in [-0.3, -0.25) is 0 Å². The van der Waals surface area contributed by atoms with Crippen LogP contribution in [0.25, 0.3) is 0 Å². The van der Waals surface area contributed by atoms with Gasteiger partial charge in [0.1, 0.15) is 0 Å². The lowest BCUT2D eigenvalue weighted by Crippen LogP contribution is -2.36. The molecule has 0 aromatic rings. The highest BCUT2D eigenvalue weighted by Crippen LogP contribution is 2.09. The van der Waals surface area contributed by atoms with Crippen LogP contribution in [-0.4, -0.2) is 18.8 Å². The van der Waals surface area contributed by atoms with Crippen LogP contribution in [0.2, 0.25) is 0 Å². The lowest BCUT2D eigenvalue weighted by Gasteiger charge is -2.22. The number of hydrogen-bond donors (Lipinski definition) is 1. The summed E-state index contributed by atoms with van der Waals surface area (Å²) in [7, 11) is 0. The van der Waals surface area contributed by atoms with Gasteiger partial charge in [-0.2, -0.15) is 0 Å². The highest BCUT2D eigenvalue weighted by molar-refractivity contribution is 4.72. The van der Waals surface area contributed by atoms with Gasteiger partial charge in [0.25, 0.3) is 0 Å². The van der Waals surface area contributed by atoms with Gasteiger partial charge in [0.15, 0.2) is 0 Å². The van der Waals surface area contributed by atoms with Gasteiger partial charge in [0.05, 0.1) is 6.10 Å². The third-order valence-electron chi connectivity index (χ3n) is 2.05. The van der Waals surface area contributed by atoms with E-state index in [1.54, 1.807) is 0 Å². The first-order valence-electron chi connectivity index (χ1n) is 5.13. The van der Waals surface area contributed by atoms with Crippen molar-refractivity contribution < 1.29 is 4.74 Å². The third kappa shape index (κ3) is 4.73. The van der Waals surface area contributed by atoms with Crippen LogP contribution in [0.1, 0.15) is 46.5 Å². The van der Waals surface area contributed by atoms with Gasteiger partial charge in [-0.1, -0.05) is 26.7 Å². The van der Waals surface area contributed by atoms with E-state index in [1.165, 1.54) is 0 Å². The summed E-state index contributed by atoms with van der Waals surface area (Å²) >= 11 is 0. The van der Waals surface area contributed by atoms with Crippen LogP contribution in [-0.2, 0) is 4.74 Å². The van der Waals surface area contributed by atoms with Crippen LogP contribution in [0.4, 0.5) is 0 Å². The van der Waals surface area contributed by atoms with Crippen LogP contribution >= 0.6 is 0 Å². The summed E-state index contributed by atoms with van der Waals surface area (Å²) in [5.41, 5.74) is 5.98. The topological polar surface area (TPSA) is 35.2 Å². The van der Waals surface area contributed by atoms with Gasteiger partial charge in [0.2, 0.25) is 0 Å². The number of rotatable bonds is 7. The van der Waals surface area contributed by atoms with Crippen molar-refractivity contribution in [3.63, 3.8) is 0 Å². The molecule has 0 saturated heterocycles. The Balaban J connectivity index is 3.72. The largest absolute Gasteiger partial charge is 0.377 e. The summed E-state index contributed by atoms with van der Waals surface area (Å²) in [5, 5.41) is 0. The molecule has 0 aliphatic carbocycles. The molecule has 0 rings (SSSR count). The van der Waals surface area contributed by atoms with E-state index >= 15 is 0 Å². The number of nitrogens with two attached hydrogens (primary N) is 1. The molecular formula is C10H23NO. The van der Waals surface area contributed by atoms with E-state index in [1.807, 2.05) is 6.92 Å². The maximum atomic E-state index is 5.98. The fourth-order valence-corrected chi connectivity index (χ4v) is 1.44. The second-order valence-corrected chi connectivity index (χ2v) is 3.23. The van der Waals surface area contributed by atoms with Crippen molar-refractivity contribution in [2.45, 2.75) is 58.6 Å². The SMILES string of the molecule is CCCC(N)C(CCC)OCC. The van der Waals surface area contributed by atoms with E-state index in [0.717, 1.165) is 32.3 Å². The molecule has 0 radical (unpaired) electrons. The van der Waals surface area contributed by atoms with Crippen molar-refractivity contribution in [3.8, 4) is 0 Å². The predicted octanol–water partition coefficient (Wildman–Crippen LogP) is 2.32. The maximum Gasteiger partial charge on any atom is 0.0725 e. The first-order chi connectivity index (χ1) is 5.76. The van der Waals surface area contributed by atoms with E-state index in [2.05, 4.69) is 13.8 Å². The molecule has 0 saturated carbocycles. The molecule has 0 aromatic carbocycles. The zero-order chi connectivity index (χ0) is 9.40. The van der Waals surface area contributed by atoms with Crippen molar-refractivity contribution in [1.82, 2.24) is 0 Å². The summed E-state index contributed by atoms with van der Waals surface area (Å²) in [6.45, 7) is 7.14. The third-order valence-corrected chi connectivity index (χ3v) is 2.05. The van der Waals surface area contributed by atoms with Crippen LogP contribution < -0.4 is 5.73 Å². The average Bonchev–Trinajstić information content (AvgIpc) is 2.04. The molecule has 0 fully saturated rings. The minimum absolute atomic E-state index is 0.231. The molecule has 2 N–H and O–H groups in total. The average molecular weight is 173 g/mol. The van der Waals surface area contributed by atoms with E-state index in [0.29, 0.717) is 0 Å². The molecular weight excluding hydrogens is 150 g/mol. The van der Waals surface area contributed by atoms with Crippen LogP contribution in [0.5, 0.6) is 0 Å². The van der Waals surface area contributed by atoms with Crippen LogP contribution in [0.3, 0.4) is 0 Å². The van der Waals surface area contributed by atoms with Crippen molar-refractivity contribution in [2.75, 3.05) is 6.61 Å². The monoisotopic (exact) mass is 173 g/mol. The summed E-state index contributed by atoms with van der Waals surface area (Å²) in [5.74, 6) is 0. The lowest BCUT2D eigenvalue weighted by molar-refractivity contribution is 0.0357. The molecule has 0 heterocycles. The fourth-order valence-electron chi connectivity index (χ4n) is 1.44. The van der Waals surface area contributed by atoms with E-state index < -0.39 is 0 Å². The number of hydrogen-bond acceptors (Lipinski definition) is 2. The normalized spacial score (nSPS) is 16.0. The van der Waals surface area contributed by atoms with Gasteiger partial charge in [-0.05, 0) is 19.8 Å². The van der Waals surface area contributed by atoms with Gasteiger partial charge < -0.3 is 10.5 Å². The molecule has 2 unspecified atom stereocenters. The van der Waals surface area contributed by atoms with Crippen LogP contribution in [0, 0.1) is 0 Å². The molecule has 0 bridgehead atoms. The molecule has 0 aliphatic rings. The van der Waals surface area contributed by atoms with Gasteiger partial charge >= 0.3 is 0 Å². The lowest BCUT2D eigenvalue weighted by atomic mass is 10.0. The summed E-state index contributed by atoms with van der Waals surface area (Å²) in [6, 6.07) is 0.231. The molecule has 2 atom stereocenters. The summed E-state index contributed by atoms with van der Waals surface area (Å²) in [6.07, 6.45) is 4.75. The first-order valence-corrected chi connectivity index (χ1v) is 5.13. The zero-order valence-electron chi connectivity index (χ0n) is 8.68. The standard InChI is InChI=1S/C10H23NO/c1-4-7-9(11)10(8-5-2)12-6-3/h9-10H,4-8,11H2,1-3H3. The predicted molar refractivity (Wildman–Crippen MR) is 53.2 cm³/mol. The Morgan fingerprint density at radius 2 is 1.67 bits per heavy atom. The van der Waals surface area contributed by atoms with Crippen molar-refractivity contribution in [1.29, 1.82) is 0 Å². The van der Waals surface area contributed by atoms with Gasteiger partial charge in [-0.15, -0.1) is 0 Å². The molecule has 2 heteroatoms. The molecule has 0 aromatic heterocycles. The molecule has 74 valence electrons. The molecule has 0 amide bonds. The van der Waals surface area contributed by atoms with Crippen molar-refractivity contribution >= 4 is 0 Å².